The summed E-state index contributed by atoms with van der Waals surface area (Å²) in [4.78, 5) is 12.1. The second-order valence-corrected chi connectivity index (χ2v) is 4.45. The van der Waals surface area contributed by atoms with Crippen molar-refractivity contribution >= 4 is 12.1 Å². The molecule has 1 N–H and O–H groups in total. The molecule has 0 saturated heterocycles. The Morgan fingerprint density at radius 3 is 2.62 bits per heavy atom. The number of hydrogen-bond donors (Lipinski definition) is 1. The van der Waals surface area contributed by atoms with Crippen LogP contribution in [0, 0.1) is 0 Å². The molecule has 2 aromatic rings. The van der Waals surface area contributed by atoms with Crippen molar-refractivity contribution in [2.75, 3.05) is 6.61 Å². The molecule has 4 nitrogen and oxygen atoms in total. The molecule has 21 heavy (non-hydrogen) atoms. The Hall–Kier alpha value is -2.62. The van der Waals surface area contributed by atoms with E-state index in [9.17, 15) is 4.79 Å². The van der Waals surface area contributed by atoms with Gasteiger partial charge in [-0.25, -0.2) is 5.43 Å². The number of rotatable bonds is 6. The predicted molar refractivity (Wildman–Crippen MR) is 83.7 cm³/mol. The van der Waals surface area contributed by atoms with Crippen LogP contribution in [0.25, 0.3) is 0 Å². The van der Waals surface area contributed by atoms with Crippen LogP contribution < -0.4 is 10.2 Å². The van der Waals surface area contributed by atoms with Crippen molar-refractivity contribution in [1.82, 2.24) is 5.43 Å². The van der Waals surface area contributed by atoms with E-state index < -0.39 is 0 Å². The highest BCUT2D eigenvalue weighted by Gasteiger charge is 2.10. The number of carbonyl (C=O) groups is 1. The largest absolute Gasteiger partial charge is 0.493 e. The van der Waals surface area contributed by atoms with Gasteiger partial charge in [0.15, 0.2) is 0 Å². The van der Waals surface area contributed by atoms with Gasteiger partial charge in [-0.1, -0.05) is 49.4 Å². The normalized spacial score (nSPS) is 10.5. The molecule has 0 fully saturated rings. The molecule has 0 spiro atoms. The van der Waals surface area contributed by atoms with Gasteiger partial charge < -0.3 is 4.74 Å². The number of carbonyl (C=O) groups excluding carboxylic acids is 1. The fraction of sp³-hybridized carbons (Fsp3) is 0.176. The number of nitrogens with zero attached hydrogens (tertiary/aromatic N) is 1. The smallest absolute Gasteiger partial charge is 0.275 e. The van der Waals surface area contributed by atoms with Gasteiger partial charge in [0.1, 0.15) is 5.75 Å². The fourth-order valence-electron chi connectivity index (χ4n) is 1.76. The summed E-state index contributed by atoms with van der Waals surface area (Å²) in [6.45, 7) is 2.60. The summed E-state index contributed by atoms with van der Waals surface area (Å²) in [6.07, 6.45) is 2.50. The highest BCUT2D eigenvalue weighted by atomic mass is 16.5. The zero-order valence-corrected chi connectivity index (χ0v) is 12.0. The van der Waals surface area contributed by atoms with Crippen LogP contribution in [0.2, 0.25) is 0 Å². The molecule has 4 heteroatoms. The molecule has 2 aromatic carbocycles. The Morgan fingerprint density at radius 2 is 1.86 bits per heavy atom. The van der Waals surface area contributed by atoms with Crippen LogP contribution >= 0.6 is 0 Å². The number of ether oxygens (including phenoxy) is 1. The molecule has 0 aliphatic carbocycles. The Labute approximate surface area is 124 Å². The van der Waals surface area contributed by atoms with Crippen LogP contribution in [0.5, 0.6) is 5.75 Å². The van der Waals surface area contributed by atoms with E-state index >= 15 is 0 Å². The molecule has 1 amide bonds. The summed E-state index contributed by atoms with van der Waals surface area (Å²) in [5, 5.41) is 3.96. The molecule has 0 aromatic heterocycles. The van der Waals surface area contributed by atoms with E-state index in [1.54, 1.807) is 24.4 Å². The molecule has 0 aliphatic rings. The van der Waals surface area contributed by atoms with Crippen molar-refractivity contribution in [3.05, 3.63) is 65.7 Å². The molecular formula is C17H18N2O2. The van der Waals surface area contributed by atoms with Gasteiger partial charge in [0, 0.05) is 0 Å². The van der Waals surface area contributed by atoms with E-state index in [4.69, 9.17) is 4.74 Å². The molecule has 0 aliphatic heterocycles. The lowest BCUT2D eigenvalue weighted by Gasteiger charge is -2.09. The summed E-state index contributed by atoms with van der Waals surface area (Å²) in [6, 6.07) is 16.7. The van der Waals surface area contributed by atoms with Crippen molar-refractivity contribution in [2.24, 2.45) is 5.10 Å². The first-order chi connectivity index (χ1) is 10.3. The summed E-state index contributed by atoms with van der Waals surface area (Å²) in [7, 11) is 0. The van der Waals surface area contributed by atoms with Crippen molar-refractivity contribution in [2.45, 2.75) is 13.3 Å². The SMILES string of the molecule is CCCOc1ccccc1C(=O)N/N=C/c1ccccc1. The van der Waals surface area contributed by atoms with E-state index in [0.29, 0.717) is 17.9 Å². The zero-order valence-electron chi connectivity index (χ0n) is 12.0. The maximum Gasteiger partial charge on any atom is 0.275 e. The first-order valence-electron chi connectivity index (χ1n) is 6.91. The van der Waals surface area contributed by atoms with E-state index in [1.165, 1.54) is 0 Å². The van der Waals surface area contributed by atoms with Gasteiger partial charge in [-0.3, -0.25) is 4.79 Å². The predicted octanol–water partition coefficient (Wildman–Crippen LogP) is 3.24. The Balaban J connectivity index is 2.02. The number of hydrazone groups is 1. The van der Waals surface area contributed by atoms with E-state index in [2.05, 4.69) is 10.5 Å². The Bertz CT molecular complexity index is 609. The molecule has 0 radical (unpaired) electrons. The van der Waals surface area contributed by atoms with Gasteiger partial charge in [-0.15, -0.1) is 0 Å². The molecule has 0 unspecified atom stereocenters. The third-order valence-electron chi connectivity index (χ3n) is 2.77. The summed E-state index contributed by atoms with van der Waals surface area (Å²) < 4.78 is 5.56. The van der Waals surface area contributed by atoms with Crippen molar-refractivity contribution < 1.29 is 9.53 Å². The average molecular weight is 282 g/mol. The molecule has 0 heterocycles. The van der Waals surface area contributed by atoms with Crippen LogP contribution in [-0.2, 0) is 0 Å². The van der Waals surface area contributed by atoms with Crippen LogP contribution in [0.3, 0.4) is 0 Å². The molecule has 0 saturated carbocycles. The van der Waals surface area contributed by atoms with Gasteiger partial charge in [0.2, 0.25) is 0 Å². The minimum absolute atomic E-state index is 0.283. The number of hydrogen-bond acceptors (Lipinski definition) is 3. The maximum absolute atomic E-state index is 12.1. The number of nitrogens with one attached hydrogen (secondary N) is 1. The second-order valence-electron chi connectivity index (χ2n) is 4.45. The minimum Gasteiger partial charge on any atom is -0.493 e. The third-order valence-corrected chi connectivity index (χ3v) is 2.77. The van der Waals surface area contributed by atoms with Gasteiger partial charge in [-0.05, 0) is 24.1 Å². The first-order valence-corrected chi connectivity index (χ1v) is 6.91. The molecule has 0 atom stereocenters. The van der Waals surface area contributed by atoms with Crippen molar-refractivity contribution in [3.8, 4) is 5.75 Å². The molecular weight excluding hydrogens is 264 g/mol. The number of para-hydroxylation sites is 1. The van der Waals surface area contributed by atoms with Gasteiger partial charge in [0.05, 0.1) is 18.4 Å². The van der Waals surface area contributed by atoms with Gasteiger partial charge in [-0.2, -0.15) is 5.10 Å². The highest BCUT2D eigenvalue weighted by Crippen LogP contribution is 2.17. The van der Waals surface area contributed by atoms with Crippen LogP contribution in [0.4, 0.5) is 0 Å². The first kappa shape index (κ1) is 14.8. The monoisotopic (exact) mass is 282 g/mol. The molecule has 108 valence electrons. The standard InChI is InChI=1S/C17H18N2O2/c1-2-12-21-16-11-7-6-10-15(16)17(20)19-18-13-14-8-4-3-5-9-14/h3-11,13H,2,12H2,1H3,(H,19,20)/b18-13+. The average Bonchev–Trinajstić information content (AvgIpc) is 2.54. The van der Waals surface area contributed by atoms with Gasteiger partial charge >= 0.3 is 0 Å². The lowest BCUT2D eigenvalue weighted by atomic mass is 10.2. The maximum atomic E-state index is 12.1. The minimum atomic E-state index is -0.283. The summed E-state index contributed by atoms with van der Waals surface area (Å²) >= 11 is 0. The zero-order chi connectivity index (χ0) is 14.9. The lowest BCUT2D eigenvalue weighted by molar-refractivity contribution is 0.0951. The quantitative estimate of drug-likeness (QED) is 0.653. The second kappa shape index (κ2) is 7.85. The van der Waals surface area contributed by atoms with Gasteiger partial charge in [0.25, 0.3) is 5.91 Å². The topological polar surface area (TPSA) is 50.7 Å². The van der Waals surface area contributed by atoms with Crippen molar-refractivity contribution in [1.29, 1.82) is 0 Å². The van der Waals surface area contributed by atoms with Crippen molar-refractivity contribution in [3.63, 3.8) is 0 Å². The summed E-state index contributed by atoms with van der Waals surface area (Å²) in [5.74, 6) is 0.292. The number of amides is 1. The van der Waals surface area contributed by atoms with E-state index in [-0.39, 0.29) is 5.91 Å². The van der Waals surface area contributed by atoms with Crippen LogP contribution in [0.1, 0.15) is 29.3 Å². The Kier molecular flexibility index (Phi) is 5.52. The highest BCUT2D eigenvalue weighted by molar-refractivity contribution is 5.97. The van der Waals surface area contributed by atoms with Crippen LogP contribution in [-0.4, -0.2) is 18.7 Å². The van der Waals surface area contributed by atoms with E-state index in [0.717, 1.165) is 12.0 Å². The Morgan fingerprint density at radius 1 is 1.14 bits per heavy atom. The number of benzene rings is 2. The van der Waals surface area contributed by atoms with E-state index in [1.807, 2.05) is 43.3 Å². The van der Waals surface area contributed by atoms with Crippen LogP contribution in [0.15, 0.2) is 59.7 Å². The molecule has 0 bridgehead atoms. The lowest BCUT2D eigenvalue weighted by Crippen LogP contribution is -2.18. The third kappa shape index (κ3) is 4.45. The molecule has 2 rings (SSSR count). The summed E-state index contributed by atoms with van der Waals surface area (Å²) in [5.41, 5.74) is 3.92. The fourth-order valence-corrected chi connectivity index (χ4v) is 1.76.